The number of carboxylic acids is 1. The maximum Gasteiger partial charge on any atom is 0.339 e. The molecule has 18 heavy (non-hydrogen) atoms. The zero-order valence-electron chi connectivity index (χ0n) is 11.1. The molecule has 0 aliphatic heterocycles. The van der Waals surface area contributed by atoms with E-state index < -0.39 is 5.97 Å². The molecule has 0 aliphatic rings. The normalized spacial score (nSPS) is 10.7. The van der Waals surface area contributed by atoms with Gasteiger partial charge in [-0.3, -0.25) is 0 Å². The van der Waals surface area contributed by atoms with Crippen LogP contribution in [-0.4, -0.2) is 35.8 Å². The molecular formula is C13H20N2O3. The number of anilines is 1. The van der Waals surface area contributed by atoms with Crippen LogP contribution in [0.25, 0.3) is 0 Å². The Labute approximate surface area is 107 Å². The molecule has 0 saturated carbocycles. The van der Waals surface area contributed by atoms with E-state index in [1.54, 1.807) is 12.1 Å². The van der Waals surface area contributed by atoms with Crippen molar-refractivity contribution in [2.75, 3.05) is 25.1 Å². The summed E-state index contributed by atoms with van der Waals surface area (Å²) in [5.74, 6) is -0.0829. The summed E-state index contributed by atoms with van der Waals surface area (Å²) in [5.41, 5.74) is 0.968. The van der Waals surface area contributed by atoms with E-state index in [1.165, 1.54) is 0 Å². The average Bonchev–Trinajstić information content (AvgIpc) is 2.27. The molecule has 1 aromatic heterocycles. The molecule has 100 valence electrons. The number of nitrogens with one attached hydrogen (secondary N) is 1. The molecule has 5 nitrogen and oxygen atoms in total. The molecule has 5 heteroatoms. The lowest BCUT2D eigenvalue weighted by atomic mass is 10.2. The minimum Gasteiger partial charge on any atom is -0.478 e. The highest BCUT2D eigenvalue weighted by Gasteiger charge is 2.10. The van der Waals surface area contributed by atoms with Gasteiger partial charge in [-0.1, -0.05) is 13.8 Å². The van der Waals surface area contributed by atoms with Crippen LogP contribution in [0.3, 0.4) is 0 Å². The van der Waals surface area contributed by atoms with E-state index in [0.717, 1.165) is 5.69 Å². The lowest BCUT2D eigenvalue weighted by molar-refractivity contribution is 0.0697. The second-order valence-corrected chi connectivity index (χ2v) is 4.55. The first-order valence-electron chi connectivity index (χ1n) is 6.03. The number of carboxylic acid groups (broad SMARTS) is 1. The van der Waals surface area contributed by atoms with Crippen LogP contribution in [0.2, 0.25) is 0 Å². The Bertz CT molecular complexity index is 405. The number of carbonyl (C=O) groups is 1. The number of hydrogen-bond donors (Lipinski definition) is 2. The number of pyridine rings is 1. The number of hydrogen-bond acceptors (Lipinski definition) is 4. The summed E-state index contributed by atoms with van der Waals surface area (Å²) >= 11 is 0. The molecule has 0 fully saturated rings. The third-order valence-electron chi connectivity index (χ3n) is 2.25. The number of rotatable bonds is 7. The number of aromatic carboxylic acids is 1. The summed E-state index contributed by atoms with van der Waals surface area (Å²) in [5, 5.41) is 12.0. The molecule has 1 rings (SSSR count). The van der Waals surface area contributed by atoms with Crippen molar-refractivity contribution < 1.29 is 14.6 Å². The van der Waals surface area contributed by atoms with Gasteiger partial charge in [-0.2, -0.15) is 0 Å². The van der Waals surface area contributed by atoms with Crippen LogP contribution in [0.1, 0.15) is 29.9 Å². The summed E-state index contributed by atoms with van der Waals surface area (Å²) in [7, 11) is 0. The molecule has 0 radical (unpaired) electrons. The monoisotopic (exact) mass is 252 g/mol. The zero-order valence-corrected chi connectivity index (χ0v) is 11.1. The summed E-state index contributed by atoms with van der Waals surface area (Å²) < 4.78 is 5.41. The Morgan fingerprint density at radius 2 is 2.22 bits per heavy atom. The van der Waals surface area contributed by atoms with Crippen molar-refractivity contribution in [2.24, 2.45) is 5.92 Å². The van der Waals surface area contributed by atoms with Crippen LogP contribution in [-0.2, 0) is 4.74 Å². The van der Waals surface area contributed by atoms with Gasteiger partial charge in [-0.15, -0.1) is 0 Å². The van der Waals surface area contributed by atoms with Crippen molar-refractivity contribution in [3.63, 3.8) is 0 Å². The standard InChI is InChI=1S/C13H20N2O3/c1-9(2)8-18-7-6-14-12-11(13(16)17)5-4-10(3)15-12/h4-5,9H,6-8H2,1-3H3,(H,14,15)(H,16,17). The van der Waals surface area contributed by atoms with Gasteiger partial charge < -0.3 is 15.2 Å². The van der Waals surface area contributed by atoms with Gasteiger partial charge in [0.05, 0.1) is 6.61 Å². The smallest absolute Gasteiger partial charge is 0.339 e. The second-order valence-electron chi connectivity index (χ2n) is 4.55. The first kappa shape index (κ1) is 14.4. The summed E-state index contributed by atoms with van der Waals surface area (Å²) in [4.78, 5) is 15.2. The van der Waals surface area contributed by atoms with Crippen LogP contribution in [0, 0.1) is 12.8 Å². The van der Waals surface area contributed by atoms with Crippen molar-refractivity contribution >= 4 is 11.8 Å². The van der Waals surface area contributed by atoms with Gasteiger partial charge in [0.25, 0.3) is 0 Å². The fourth-order valence-corrected chi connectivity index (χ4v) is 1.42. The second kappa shape index (κ2) is 6.96. The van der Waals surface area contributed by atoms with Gasteiger partial charge in [-0.05, 0) is 25.0 Å². The molecule has 1 aromatic rings. The van der Waals surface area contributed by atoms with E-state index in [9.17, 15) is 4.79 Å². The quantitative estimate of drug-likeness (QED) is 0.728. The molecule has 0 atom stereocenters. The van der Waals surface area contributed by atoms with E-state index in [4.69, 9.17) is 9.84 Å². The molecule has 0 amide bonds. The van der Waals surface area contributed by atoms with Gasteiger partial charge in [0.15, 0.2) is 0 Å². The highest BCUT2D eigenvalue weighted by atomic mass is 16.5. The van der Waals surface area contributed by atoms with E-state index >= 15 is 0 Å². The minimum atomic E-state index is -0.979. The SMILES string of the molecule is Cc1ccc(C(=O)O)c(NCCOCC(C)C)n1. The predicted octanol–water partition coefficient (Wildman–Crippen LogP) is 2.17. The van der Waals surface area contributed by atoms with E-state index in [1.807, 2.05) is 6.92 Å². The van der Waals surface area contributed by atoms with Crippen molar-refractivity contribution in [3.8, 4) is 0 Å². The third kappa shape index (κ3) is 4.71. The van der Waals surface area contributed by atoms with Gasteiger partial charge in [0.2, 0.25) is 0 Å². The molecule has 0 bridgehead atoms. The van der Waals surface area contributed by atoms with Crippen molar-refractivity contribution in [1.29, 1.82) is 0 Å². The summed E-state index contributed by atoms with van der Waals surface area (Å²) in [6, 6.07) is 3.24. The molecular weight excluding hydrogens is 232 g/mol. The maximum absolute atomic E-state index is 11.0. The van der Waals surface area contributed by atoms with E-state index in [2.05, 4.69) is 24.1 Å². The Hall–Kier alpha value is -1.62. The molecule has 0 saturated heterocycles. The molecule has 0 spiro atoms. The van der Waals surface area contributed by atoms with Crippen LogP contribution >= 0.6 is 0 Å². The molecule has 0 aromatic carbocycles. The van der Waals surface area contributed by atoms with Crippen LogP contribution in [0.15, 0.2) is 12.1 Å². The first-order valence-corrected chi connectivity index (χ1v) is 6.03. The van der Waals surface area contributed by atoms with Gasteiger partial charge in [-0.25, -0.2) is 9.78 Å². The van der Waals surface area contributed by atoms with Crippen molar-refractivity contribution in [1.82, 2.24) is 4.98 Å². The maximum atomic E-state index is 11.0. The van der Waals surface area contributed by atoms with E-state index in [-0.39, 0.29) is 5.56 Å². The Balaban J connectivity index is 2.50. The summed E-state index contributed by atoms with van der Waals surface area (Å²) in [6.07, 6.45) is 0. The number of ether oxygens (including phenoxy) is 1. The summed E-state index contributed by atoms with van der Waals surface area (Å²) in [6.45, 7) is 7.77. The van der Waals surface area contributed by atoms with Gasteiger partial charge in [0.1, 0.15) is 11.4 Å². The van der Waals surface area contributed by atoms with Crippen LogP contribution in [0.5, 0.6) is 0 Å². The van der Waals surface area contributed by atoms with Crippen LogP contribution < -0.4 is 5.32 Å². The first-order chi connectivity index (χ1) is 8.50. The third-order valence-corrected chi connectivity index (χ3v) is 2.25. The molecule has 0 unspecified atom stereocenters. The topological polar surface area (TPSA) is 71.5 Å². The Kier molecular flexibility index (Phi) is 5.58. The zero-order chi connectivity index (χ0) is 13.5. The lowest BCUT2D eigenvalue weighted by Crippen LogP contribution is -2.15. The largest absolute Gasteiger partial charge is 0.478 e. The fraction of sp³-hybridized carbons (Fsp3) is 0.538. The molecule has 1 heterocycles. The number of aryl methyl sites for hydroxylation is 1. The lowest BCUT2D eigenvalue weighted by Gasteiger charge is -2.10. The van der Waals surface area contributed by atoms with Crippen LogP contribution in [0.4, 0.5) is 5.82 Å². The predicted molar refractivity (Wildman–Crippen MR) is 70.1 cm³/mol. The molecule has 0 aliphatic carbocycles. The average molecular weight is 252 g/mol. The highest BCUT2D eigenvalue weighted by Crippen LogP contribution is 2.13. The fourth-order valence-electron chi connectivity index (χ4n) is 1.42. The molecule has 2 N–H and O–H groups in total. The van der Waals surface area contributed by atoms with E-state index in [0.29, 0.717) is 31.5 Å². The number of aromatic nitrogens is 1. The van der Waals surface area contributed by atoms with Crippen molar-refractivity contribution in [2.45, 2.75) is 20.8 Å². The highest BCUT2D eigenvalue weighted by molar-refractivity contribution is 5.93. The Morgan fingerprint density at radius 3 is 2.83 bits per heavy atom. The minimum absolute atomic E-state index is 0.185. The van der Waals surface area contributed by atoms with Crippen molar-refractivity contribution in [3.05, 3.63) is 23.4 Å². The van der Waals surface area contributed by atoms with Gasteiger partial charge >= 0.3 is 5.97 Å². The number of nitrogens with zero attached hydrogens (tertiary/aromatic N) is 1. The Morgan fingerprint density at radius 1 is 1.50 bits per heavy atom. The van der Waals surface area contributed by atoms with Gasteiger partial charge in [0, 0.05) is 18.8 Å².